The summed E-state index contributed by atoms with van der Waals surface area (Å²) in [6, 6.07) is 8.72. The molecule has 2 fully saturated rings. The lowest BCUT2D eigenvalue weighted by atomic mass is 9.94. The van der Waals surface area contributed by atoms with Crippen LogP contribution in [0.1, 0.15) is 48.7 Å². The third kappa shape index (κ3) is 4.62. The van der Waals surface area contributed by atoms with Gasteiger partial charge in [0.25, 0.3) is 5.91 Å². The molecule has 29 heavy (non-hydrogen) atoms. The number of rotatable bonds is 5. The molecule has 1 aromatic carbocycles. The van der Waals surface area contributed by atoms with Gasteiger partial charge in [-0.1, -0.05) is 6.07 Å². The number of aromatic nitrogens is 2. The van der Waals surface area contributed by atoms with Crippen molar-refractivity contribution in [1.82, 2.24) is 15.1 Å². The standard InChI is InChI=1S/C22H31N5O2/c1-16(2)26-8-10-27(11-9-26)19-5-3-4-18(14-19)24-22(28)20-15-23-25-21(20)17-6-12-29-13-7-17/h3-5,14-17H,6-13H2,1-2H3,(H,23,25)(H,24,28). The number of ether oxygens (including phenoxy) is 1. The SMILES string of the molecule is CC(C)N1CCN(c2cccc(NC(=O)c3cn[nH]c3C3CCOCC3)c2)CC1. The number of benzene rings is 1. The quantitative estimate of drug-likeness (QED) is 0.811. The Morgan fingerprint density at radius 3 is 2.69 bits per heavy atom. The Morgan fingerprint density at radius 2 is 1.97 bits per heavy atom. The van der Waals surface area contributed by atoms with Crippen molar-refractivity contribution in [1.29, 1.82) is 0 Å². The van der Waals surface area contributed by atoms with Crippen molar-refractivity contribution in [2.75, 3.05) is 49.6 Å². The van der Waals surface area contributed by atoms with E-state index in [-0.39, 0.29) is 5.91 Å². The zero-order valence-electron chi connectivity index (χ0n) is 17.4. The van der Waals surface area contributed by atoms with Crippen LogP contribution in [0.25, 0.3) is 0 Å². The molecule has 0 saturated carbocycles. The molecule has 1 amide bonds. The number of hydrogen-bond acceptors (Lipinski definition) is 5. The minimum Gasteiger partial charge on any atom is -0.381 e. The summed E-state index contributed by atoms with van der Waals surface area (Å²) >= 11 is 0. The molecular formula is C22H31N5O2. The molecule has 0 unspecified atom stereocenters. The van der Waals surface area contributed by atoms with Crippen LogP contribution in [-0.4, -0.2) is 66.4 Å². The van der Waals surface area contributed by atoms with Crippen molar-refractivity contribution < 1.29 is 9.53 Å². The fourth-order valence-corrected chi connectivity index (χ4v) is 4.25. The van der Waals surface area contributed by atoms with E-state index < -0.39 is 0 Å². The molecule has 3 heterocycles. The van der Waals surface area contributed by atoms with Gasteiger partial charge in [-0.15, -0.1) is 0 Å². The van der Waals surface area contributed by atoms with Gasteiger partial charge in [0, 0.05) is 62.7 Å². The highest BCUT2D eigenvalue weighted by Crippen LogP contribution is 2.28. The van der Waals surface area contributed by atoms with Gasteiger partial charge in [-0.25, -0.2) is 0 Å². The minimum atomic E-state index is -0.109. The van der Waals surface area contributed by atoms with Crippen LogP contribution in [-0.2, 0) is 4.74 Å². The lowest BCUT2D eigenvalue weighted by Gasteiger charge is -2.38. The summed E-state index contributed by atoms with van der Waals surface area (Å²) < 4.78 is 5.44. The van der Waals surface area contributed by atoms with E-state index in [4.69, 9.17) is 4.74 Å². The molecule has 2 N–H and O–H groups in total. The monoisotopic (exact) mass is 397 g/mol. The molecule has 2 saturated heterocycles. The van der Waals surface area contributed by atoms with Gasteiger partial charge in [0.1, 0.15) is 0 Å². The maximum absolute atomic E-state index is 12.9. The smallest absolute Gasteiger partial charge is 0.259 e. The van der Waals surface area contributed by atoms with E-state index in [0.29, 0.717) is 17.5 Å². The molecular weight excluding hydrogens is 366 g/mol. The third-order valence-electron chi connectivity index (χ3n) is 6.06. The molecule has 4 rings (SSSR count). The molecule has 7 nitrogen and oxygen atoms in total. The summed E-state index contributed by atoms with van der Waals surface area (Å²) in [5, 5.41) is 10.2. The third-order valence-corrected chi connectivity index (χ3v) is 6.06. The number of H-pyrrole nitrogens is 1. The first-order valence-corrected chi connectivity index (χ1v) is 10.6. The van der Waals surface area contributed by atoms with Crippen molar-refractivity contribution in [3.63, 3.8) is 0 Å². The molecule has 2 aromatic rings. The average molecular weight is 398 g/mol. The van der Waals surface area contributed by atoms with Gasteiger partial charge in [0.05, 0.1) is 17.5 Å². The summed E-state index contributed by atoms with van der Waals surface area (Å²) in [7, 11) is 0. The molecule has 0 spiro atoms. The van der Waals surface area contributed by atoms with Gasteiger partial charge in [-0.05, 0) is 44.9 Å². The molecule has 0 radical (unpaired) electrons. The lowest BCUT2D eigenvalue weighted by Crippen LogP contribution is -2.48. The molecule has 0 atom stereocenters. The van der Waals surface area contributed by atoms with E-state index in [1.807, 2.05) is 12.1 Å². The van der Waals surface area contributed by atoms with Gasteiger partial charge in [0.15, 0.2) is 0 Å². The van der Waals surface area contributed by atoms with E-state index in [1.165, 1.54) is 0 Å². The van der Waals surface area contributed by atoms with Gasteiger partial charge in [-0.3, -0.25) is 14.8 Å². The average Bonchev–Trinajstić information content (AvgIpc) is 3.25. The molecule has 0 bridgehead atoms. The van der Waals surface area contributed by atoms with Crippen molar-refractivity contribution in [3.8, 4) is 0 Å². The summed E-state index contributed by atoms with van der Waals surface area (Å²) in [5.74, 6) is 0.192. The van der Waals surface area contributed by atoms with Crippen molar-refractivity contribution >= 4 is 17.3 Å². The Bertz CT molecular complexity index is 820. The second-order valence-electron chi connectivity index (χ2n) is 8.21. The van der Waals surface area contributed by atoms with Crippen LogP contribution in [0, 0.1) is 0 Å². The number of carbonyl (C=O) groups is 1. The second-order valence-corrected chi connectivity index (χ2v) is 8.21. The predicted molar refractivity (Wildman–Crippen MR) is 115 cm³/mol. The van der Waals surface area contributed by atoms with Gasteiger partial charge < -0.3 is 15.0 Å². The number of carbonyl (C=O) groups excluding carboxylic acids is 1. The largest absolute Gasteiger partial charge is 0.381 e. The molecule has 0 aliphatic carbocycles. The van der Waals surface area contributed by atoms with Gasteiger partial charge >= 0.3 is 0 Å². The Balaban J connectivity index is 1.42. The van der Waals surface area contributed by atoms with Crippen LogP contribution in [0.5, 0.6) is 0 Å². The Kier molecular flexibility index (Phi) is 6.16. The highest BCUT2D eigenvalue weighted by atomic mass is 16.5. The van der Waals surface area contributed by atoms with Crippen LogP contribution in [0.2, 0.25) is 0 Å². The summed E-state index contributed by atoms with van der Waals surface area (Å²) in [4.78, 5) is 17.8. The maximum atomic E-state index is 12.9. The topological polar surface area (TPSA) is 73.5 Å². The fourth-order valence-electron chi connectivity index (χ4n) is 4.25. The van der Waals surface area contributed by atoms with Crippen molar-refractivity contribution in [2.45, 2.75) is 38.6 Å². The predicted octanol–water partition coefficient (Wildman–Crippen LogP) is 3.09. The van der Waals surface area contributed by atoms with Crippen LogP contribution < -0.4 is 10.2 Å². The number of hydrogen-bond donors (Lipinski definition) is 2. The fraction of sp³-hybridized carbons (Fsp3) is 0.545. The van der Waals surface area contributed by atoms with Crippen LogP contribution in [0.3, 0.4) is 0 Å². The van der Waals surface area contributed by atoms with E-state index in [9.17, 15) is 4.79 Å². The van der Waals surface area contributed by atoms with E-state index in [1.54, 1.807) is 6.20 Å². The maximum Gasteiger partial charge on any atom is 0.259 e. The van der Waals surface area contributed by atoms with Crippen LogP contribution in [0.4, 0.5) is 11.4 Å². The summed E-state index contributed by atoms with van der Waals surface area (Å²) in [5.41, 5.74) is 3.53. The zero-order chi connectivity index (χ0) is 20.2. The molecule has 156 valence electrons. The first-order valence-electron chi connectivity index (χ1n) is 10.6. The molecule has 2 aliphatic heterocycles. The van der Waals surface area contributed by atoms with E-state index >= 15 is 0 Å². The van der Waals surface area contributed by atoms with Crippen LogP contribution >= 0.6 is 0 Å². The van der Waals surface area contributed by atoms with Crippen molar-refractivity contribution in [3.05, 3.63) is 41.7 Å². The summed E-state index contributed by atoms with van der Waals surface area (Å²) in [6.07, 6.45) is 3.47. The number of aromatic amines is 1. The minimum absolute atomic E-state index is 0.109. The number of nitrogens with one attached hydrogen (secondary N) is 2. The lowest BCUT2D eigenvalue weighted by molar-refractivity contribution is 0.0838. The Labute approximate surface area is 172 Å². The number of amides is 1. The molecule has 1 aromatic heterocycles. The van der Waals surface area contributed by atoms with Gasteiger partial charge in [-0.2, -0.15) is 5.10 Å². The number of anilines is 2. The Morgan fingerprint density at radius 1 is 1.21 bits per heavy atom. The summed E-state index contributed by atoms with van der Waals surface area (Å²) in [6.45, 7) is 10.1. The first kappa shape index (κ1) is 19.9. The van der Waals surface area contributed by atoms with Crippen LogP contribution in [0.15, 0.2) is 30.5 Å². The van der Waals surface area contributed by atoms with Crippen molar-refractivity contribution in [2.24, 2.45) is 0 Å². The highest BCUT2D eigenvalue weighted by molar-refractivity contribution is 6.05. The van der Waals surface area contributed by atoms with E-state index in [0.717, 1.165) is 69.3 Å². The number of piperazine rings is 1. The van der Waals surface area contributed by atoms with Gasteiger partial charge in [0.2, 0.25) is 0 Å². The van der Waals surface area contributed by atoms with E-state index in [2.05, 4.69) is 51.3 Å². The molecule has 7 heteroatoms. The highest BCUT2D eigenvalue weighted by Gasteiger charge is 2.24. The first-order chi connectivity index (χ1) is 14.1. The molecule has 2 aliphatic rings. The Hall–Kier alpha value is -2.38. The second kappa shape index (κ2) is 8.97. The zero-order valence-corrected chi connectivity index (χ0v) is 17.4. The number of nitrogens with zero attached hydrogens (tertiary/aromatic N) is 3. The normalized spacial score (nSPS) is 18.9.